The Balaban J connectivity index is 1.82. The lowest BCUT2D eigenvalue weighted by atomic mass is 10.2. The van der Waals surface area contributed by atoms with Crippen molar-refractivity contribution in [3.05, 3.63) is 35.5 Å². The van der Waals surface area contributed by atoms with Gasteiger partial charge >= 0.3 is 0 Å². The molecule has 3 rings (SSSR count). The number of hydrogen-bond donors (Lipinski definition) is 1. The van der Waals surface area contributed by atoms with Crippen LogP contribution < -0.4 is 5.32 Å². The number of nitrogens with zero attached hydrogens (tertiary/aromatic N) is 2. The van der Waals surface area contributed by atoms with E-state index in [0.717, 1.165) is 39.4 Å². The standard InChI is InChI=1S/C20H29N3O3/c1-15-16(2)23(19-7-5-4-6-18(15)19)13-17(21-20(24)14-25-3)12-22-8-10-26-11-9-22/h4-7,17H,8-14H2,1-3H3,(H,21,24). The van der Waals surface area contributed by atoms with Crippen LogP contribution >= 0.6 is 0 Å². The van der Waals surface area contributed by atoms with Crippen molar-refractivity contribution in [1.29, 1.82) is 0 Å². The molecule has 6 heteroatoms. The third-order valence-corrected chi connectivity index (χ3v) is 5.17. The third kappa shape index (κ3) is 4.26. The largest absolute Gasteiger partial charge is 0.379 e. The Hall–Kier alpha value is -1.89. The number of benzene rings is 1. The number of ether oxygens (including phenoxy) is 2. The first kappa shape index (κ1) is 18.9. The van der Waals surface area contributed by atoms with Crippen LogP contribution in [0.1, 0.15) is 11.3 Å². The van der Waals surface area contributed by atoms with Crippen LogP contribution in [0.4, 0.5) is 0 Å². The van der Waals surface area contributed by atoms with Crippen LogP contribution in [0, 0.1) is 13.8 Å². The molecule has 0 spiro atoms. The van der Waals surface area contributed by atoms with Crippen LogP contribution in [-0.2, 0) is 20.8 Å². The zero-order valence-electron chi connectivity index (χ0n) is 16.0. The van der Waals surface area contributed by atoms with E-state index in [2.05, 4.69) is 52.9 Å². The predicted molar refractivity (Wildman–Crippen MR) is 102 cm³/mol. The van der Waals surface area contributed by atoms with Gasteiger partial charge in [-0.05, 0) is 25.5 Å². The van der Waals surface area contributed by atoms with Gasteiger partial charge in [0.2, 0.25) is 5.91 Å². The van der Waals surface area contributed by atoms with Gasteiger partial charge in [0.05, 0.1) is 19.3 Å². The number of morpholine rings is 1. The van der Waals surface area contributed by atoms with E-state index in [-0.39, 0.29) is 18.6 Å². The number of para-hydroxylation sites is 1. The van der Waals surface area contributed by atoms with Gasteiger partial charge in [-0.15, -0.1) is 0 Å². The van der Waals surface area contributed by atoms with Crippen molar-refractivity contribution >= 4 is 16.8 Å². The summed E-state index contributed by atoms with van der Waals surface area (Å²) in [4.78, 5) is 14.5. The summed E-state index contributed by atoms with van der Waals surface area (Å²) in [6, 6.07) is 8.47. The highest BCUT2D eigenvalue weighted by molar-refractivity contribution is 5.85. The Bertz CT molecular complexity index is 750. The summed E-state index contributed by atoms with van der Waals surface area (Å²) in [6.07, 6.45) is 0. The van der Waals surface area contributed by atoms with E-state index in [0.29, 0.717) is 0 Å². The number of carbonyl (C=O) groups is 1. The molecule has 1 aromatic heterocycles. The van der Waals surface area contributed by atoms with Gasteiger partial charge in [-0.2, -0.15) is 0 Å². The van der Waals surface area contributed by atoms with Gasteiger partial charge in [-0.1, -0.05) is 18.2 Å². The monoisotopic (exact) mass is 359 g/mol. The molecule has 1 aromatic carbocycles. The zero-order valence-corrected chi connectivity index (χ0v) is 16.0. The second-order valence-electron chi connectivity index (χ2n) is 6.95. The molecule has 1 saturated heterocycles. The number of aromatic nitrogens is 1. The molecule has 0 aliphatic carbocycles. The average Bonchev–Trinajstić information content (AvgIpc) is 2.88. The Morgan fingerprint density at radius 2 is 1.96 bits per heavy atom. The van der Waals surface area contributed by atoms with Gasteiger partial charge in [0.15, 0.2) is 0 Å². The van der Waals surface area contributed by atoms with Crippen LogP contribution in [0.15, 0.2) is 24.3 Å². The minimum absolute atomic E-state index is 0.0182. The molecule has 1 unspecified atom stereocenters. The van der Waals surface area contributed by atoms with E-state index < -0.39 is 0 Å². The minimum atomic E-state index is -0.0726. The maximum atomic E-state index is 12.2. The maximum Gasteiger partial charge on any atom is 0.246 e. The molecule has 1 aliphatic rings. The molecule has 0 bridgehead atoms. The first-order valence-corrected chi connectivity index (χ1v) is 9.23. The summed E-state index contributed by atoms with van der Waals surface area (Å²) < 4.78 is 12.8. The molecule has 142 valence electrons. The second-order valence-corrected chi connectivity index (χ2v) is 6.95. The highest BCUT2D eigenvalue weighted by Crippen LogP contribution is 2.25. The molecule has 1 amide bonds. The zero-order chi connectivity index (χ0) is 18.5. The van der Waals surface area contributed by atoms with Crippen molar-refractivity contribution in [2.75, 3.05) is 46.6 Å². The lowest BCUT2D eigenvalue weighted by Crippen LogP contribution is -2.49. The number of fused-ring (bicyclic) bond motifs is 1. The van der Waals surface area contributed by atoms with E-state index >= 15 is 0 Å². The Kier molecular flexibility index (Phi) is 6.29. The molecule has 1 aliphatic heterocycles. The summed E-state index contributed by atoms with van der Waals surface area (Å²) in [5.41, 5.74) is 3.77. The number of amides is 1. The van der Waals surface area contributed by atoms with Gasteiger partial charge in [-0.25, -0.2) is 0 Å². The van der Waals surface area contributed by atoms with E-state index in [4.69, 9.17) is 9.47 Å². The van der Waals surface area contributed by atoms with Gasteiger partial charge in [0.1, 0.15) is 6.61 Å². The Morgan fingerprint density at radius 3 is 2.69 bits per heavy atom. The normalized spacial score (nSPS) is 16.7. The maximum absolute atomic E-state index is 12.2. The smallest absolute Gasteiger partial charge is 0.246 e. The topological polar surface area (TPSA) is 55.7 Å². The first-order valence-electron chi connectivity index (χ1n) is 9.23. The molecule has 0 saturated carbocycles. The molecule has 6 nitrogen and oxygen atoms in total. The number of aryl methyl sites for hydroxylation is 1. The van der Waals surface area contributed by atoms with E-state index in [1.54, 1.807) is 7.11 Å². The molecule has 1 fully saturated rings. The second kappa shape index (κ2) is 8.66. The number of nitrogens with one attached hydrogen (secondary N) is 1. The lowest BCUT2D eigenvalue weighted by Gasteiger charge is -2.31. The van der Waals surface area contributed by atoms with E-state index in [1.165, 1.54) is 22.2 Å². The van der Waals surface area contributed by atoms with Crippen LogP contribution in [0.3, 0.4) is 0 Å². The number of rotatable bonds is 7. The first-order chi connectivity index (χ1) is 12.6. The van der Waals surface area contributed by atoms with Gasteiger partial charge in [-0.3, -0.25) is 9.69 Å². The van der Waals surface area contributed by atoms with Crippen molar-refractivity contribution in [1.82, 2.24) is 14.8 Å². The third-order valence-electron chi connectivity index (χ3n) is 5.17. The highest BCUT2D eigenvalue weighted by atomic mass is 16.5. The van der Waals surface area contributed by atoms with Gasteiger partial charge < -0.3 is 19.4 Å². The van der Waals surface area contributed by atoms with Gasteiger partial charge in [0.25, 0.3) is 0 Å². The van der Waals surface area contributed by atoms with E-state index in [1.807, 2.05) is 0 Å². The fraction of sp³-hybridized carbons (Fsp3) is 0.550. The van der Waals surface area contributed by atoms with Crippen LogP contribution in [0.25, 0.3) is 10.9 Å². The summed E-state index contributed by atoms with van der Waals surface area (Å²) in [5, 5.41) is 4.42. The Labute approximate surface area is 155 Å². The Morgan fingerprint density at radius 1 is 1.23 bits per heavy atom. The molecule has 2 aromatic rings. The van der Waals surface area contributed by atoms with Crippen molar-refractivity contribution < 1.29 is 14.3 Å². The summed E-state index contributed by atoms with van der Waals surface area (Å²) in [7, 11) is 1.55. The van der Waals surface area contributed by atoms with E-state index in [9.17, 15) is 4.79 Å². The molecule has 2 heterocycles. The fourth-order valence-electron chi connectivity index (χ4n) is 3.70. The molecule has 0 radical (unpaired) electrons. The fourth-order valence-corrected chi connectivity index (χ4v) is 3.70. The quantitative estimate of drug-likeness (QED) is 0.818. The van der Waals surface area contributed by atoms with Crippen molar-refractivity contribution in [3.63, 3.8) is 0 Å². The summed E-state index contributed by atoms with van der Waals surface area (Å²) in [6.45, 7) is 9.27. The summed E-state index contributed by atoms with van der Waals surface area (Å²) in [5.74, 6) is -0.0726. The molecule has 1 N–H and O–H groups in total. The molecule has 1 atom stereocenters. The van der Waals surface area contributed by atoms with Crippen molar-refractivity contribution in [2.24, 2.45) is 0 Å². The summed E-state index contributed by atoms with van der Waals surface area (Å²) >= 11 is 0. The molecular formula is C20H29N3O3. The molecule has 26 heavy (non-hydrogen) atoms. The molecular weight excluding hydrogens is 330 g/mol. The lowest BCUT2D eigenvalue weighted by molar-refractivity contribution is -0.125. The number of hydrogen-bond acceptors (Lipinski definition) is 4. The number of methoxy groups -OCH3 is 1. The predicted octanol–water partition coefficient (Wildman–Crippen LogP) is 1.72. The van der Waals surface area contributed by atoms with Crippen LogP contribution in [0.5, 0.6) is 0 Å². The van der Waals surface area contributed by atoms with Crippen molar-refractivity contribution in [2.45, 2.75) is 26.4 Å². The van der Waals surface area contributed by atoms with Crippen LogP contribution in [0.2, 0.25) is 0 Å². The SMILES string of the molecule is COCC(=O)NC(CN1CCOCC1)Cn1c(C)c(C)c2ccccc21. The number of carbonyl (C=O) groups excluding carboxylic acids is 1. The average molecular weight is 359 g/mol. The van der Waals surface area contributed by atoms with Crippen molar-refractivity contribution in [3.8, 4) is 0 Å². The van der Waals surface area contributed by atoms with Crippen LogP contribution in [-0.4, -0.2) is 68.0 Å². The highest BCUT2D eigenvalue weighted by Gasteiger charge is 2.21. The minimum Gasteiger partial charge on any atom is -0.379 e. The van der Waals surface area contributed by atoms with Gasteiger partial charge in [0, 0.05) is 49.9 Å².